The van der Waals surface area contributed by atoms with Crippen molar-refractivity contribution in [1.29, 1.82) is 0 Å². The van der Waals surface area contributed by atoms with E-state index in [-0.39, 0.29) is 18.1 Å². The second kappa shape index (κ2) is 5.53. The molecule has 3 rings (SSSR count). The Morgan fingerprint density at radius 1 is 1.50 bits per heavy atom. The maximum Gasteiger partial charge on any atom is 0.307 e. The number of rotatable bonds is 4. The van der Waals surface area contributed by atoms with E-state index in [1.54, 1.807) is 0 Å². The summed E-state index contributed by atoms with van der Waals surface area (Å²) in [5, 5.41) is 17.5. The van der Waals surface area contributed by atoms with E-state index < -0.39 is 4.92 Å². The van der Waals surface area contributed by atoms with Gasteiger partial charge in [-0.15, -0.1) is 0 Å². The van der Waals surface area contributed by atoms with E-state index in [2.05, 4.69) is 15.4 Å². The van der Waals surface area contributed by atoms with Crippen molar-refractivity contribution in [3.63, 3.8) is 0 Å². The number of hydrogen-bond donors (Lipinski definition) is 1. The molecule has 112 valence electrons. The Balaban J connectivity index is 1.70. The first-order chi connectivity index (χ1) is 10.5. The number of carbonyl (C=O) groups is 1. The minimum Gasteiger partial charge on any atom is -0.300 e. The minimum atomic E-state index is -0.558. The molecule has 0 unspecified atom stereocenters. The summed E-state index contributed by atoms with van der Waals surface area (Å²) in [6, 6.07) is 5.85. The van der Waals surface area contributed by atoms with Crippen LogP contribution in [0, 0.1) is 17.0 Å². The lowest BCUT2D eigenvalue weighted by Crippen LogP contribution is -2.18. The van der Waals surface area contributed by atoms with Crippen LogP contribution in [-0.4, -0.2) is 25.6 Å². The summed E-state index contributed by atoms with van der Waals surface area (Å²) >= 11 is 1.38. The molecule has 22 heavy (non-hydrogen) atoms. The van der Waals surface area contributed by atoms with Crippen LogP contribution in [0.3, 0.4) is 0 Å². The van der Waals surface area contributed by atoms with Gasteiger partial charge in [0.25, 0.3) is 0 Å². The smallest absolute Gasteiger partial charge is 0.300 e. The second-order valence-corrected chi connectivity index (χ2v) is 5.72. The van der Waals surface area contributed by atoms with Gasteiger partial charge in [-0.1, -0.05) is 17.4 Å². The Kier molecular flexibility index (Phi) is 3.55. The van der Waals surface area contributed by atoms with Crippen LogP contribution in [0.2, 0.25) is 0 Å². The average Bonchev–Trinajstić information content (AvgIpc) is 3.04. The van der Waals surface area contributed by atoms with Gasteiger partial charge in [0.05, 0.1) is 15.1 Å². The second-order valence-electron chi connectivity index (χ2n) is 4.69. The number of nitro groups is 1. The number of amides is 1. The van der Waals surface area contributed by atoms with Gasteiger partial charge in [-0.3, -0.25) is 19.6 Å². The van der Waals surface area contributed by atoms with Crippen LogP contribution in [0.5, 0.6) is 0 Å². The number of carbonyl (C=O) groups excluding carboxylic acids is 1. The summed E-state index contributed by atoms with van der Waals surface area (Å²) in [6.07, 6.45) is 2.31. The third-order valence-corrected chi connectivity index (χ3v) is 3.86. The normalized spacial score (nSPS) is 10.8. The fourth-order valence-electron chi connectivity index (χ4n) is 1.92. The predicted octanol–water partition coefficient (Wildman–Crippen LogP) is 2.35. The summed E-state index contributed by atoms with van der Waals surface area (Å²) in [4.78, 5) is 26.3. The molecule has 1 N–H and O–H groups in total. The largest absolute Gasteiger partial charge is 0.307 e. The van der Waals surface area contributed by atoms with Crippen molar-refractivity contribution in [2.24, 2.45) is 0 Å². The van der Waals surface area contributed by atoms with Gasteiger partial charge in [-0.05, 0) is 24.6 Å². The number of benzene rings is 1. The number of aryl methyl sites for hydroxylation is 1. The van der Waals surface area contributed by atoms with Crippen LogP contribution in [-0.2, 0) is 11.3 Å². The zero-order valence-corrected chi connectivity index (χ0v) is 12.3. The summed E-state index contributed by atoms with van der Waals surface area (Å²) in [5.41, 5.74) is 1.79. The maximum absolute atomic E-state index is 11.9. The monoisotopic (exact) mass is 317 g/mol. The Labute approximate surface area is 128 Å². The first kappa shape index (κ1) is 14.1. The van der Waals surface area contributed by atoms with Crippen molar-refractivity contribution in [1.82, 2.24) is 14.8 Å². The molecule has 0 saturated carbocycles. The fraction of sp³-hybridized carbons (Fsp3) is 0.154. The van der Waals surface area contributed by atoms with E-state index in [9.17, 15) is 14.9 Å². The molecular formula is C13H11N5O3S. The van der Waals surface area contributed by atoms with Crippen LogP contribution in [0.4, 0.5) is 10.8 Å². The van der Waals surface area contributed by atoms with Crippen molar-refractivity contribution in [2.45, 2.75) is 13.5 Å². The molecule has 2 heterocycles. The van der Waals surface area contributed by atoms with Gasteiger partial charge in [0.2, 0.25) is 5.91 Å². The van der Waals surface area contributed by atoms with Gasteiger partial charge in [0.15, 0.2) is 5.13 Å². The molecule has 3 aromatic rings. The SMILES string of the molecule is Cc1ccc2nc(NC(=O)Cn3cc([N+](=O)[O-])cn3)sc2c1. The standard InChI is InChI=1S/C13H11N5O3S/c1-8-2-3-10-11(4-8)22-13(15-10)16-12(19)7-17-6-9(5-14-17)18(20)21/h2-6H,7H2,1H3,(H,15,16,19). The molecule has 0 aliphatic rings. The van der Waals surface area contributed by atoms with Crippen LogP contribution < -0.4 is 5.32 Å². The fourth-order valence-corrected chi connectivity index (χ4v) is 2.90. The molecule has 0 bridgehead atoms. The van der Waals surface area contributed by atoms with Gasteiger partial charge in [0.1, 0.15) is 18.9 Å². The van der Waals surface area contributed by atoms with Crippen molar-refractivity contribution >= 4 is 38.3 Å². The number of nitrogens with one attached hydrogen (secondary N) is 1. The van der Waals surface area contributed by atoms with Crippen molar-refractivity contribution in [3.8, 4) is 0 Å². The lowest BCUT2D eigenvalue weighted by atomic mass is 10.2. The first-order valence-electron chi connectivity index (χ1n) is 6.35. The molecule has 1 aromatic carbocycles. The highest BCUT2D eigenvalue weighted by Gasteiger charge is 2.12. The zero-order valence-electron chi connectivity index (χ0n) is 11.5. The van der Waals surface area contributed by atoms with Gasteiger partial charge in [0, 0.05) is 0 Å². The van der Waals surface area contributed by atoms with E-state index in [1.807, 2.05) is 25.1 Å². The topological polar surface area (TPSA) is 103 Å². The third kappa shape index (κ3) is 2.93. The highest BCUT2D eigenvalue weighted by Crippen LogP contribution is 2.26. The molecule has 0 aliphatic heterocycles. The molecule has 1 amide bonds. The highest BCUT2D eigenvalue weighted by molar-refractivity contribution is 7.22. The molecule has 0 aliphatic carbocycles. The molecule has 0 spiro atoms. The van der Waals surface area contributed by atoms with Gasteiger partial charge in [-0.25, -0.2) is 4.98 Å². The van der Waals surface area contributed by atoms with E-state index in [0.29, 0.717) is 5.13 Å². The third-order valence-electron chi connectivity index (χ3n) is 2.93. The van der Waals surface area contributed by atoms with Crippen molar-refractivity contribution in [3.05, 3.63) is 46.3 Å². The van der Waals surface area contributed by atoms with Gasteiger partial charge < -0.3 is 5.32 Å². The predicted molar refractivity (Wildman–Crippen MR) is 81.9 cm³/mol. The number of anilines is 1. The number of nitrogens with zero attached hydrogens (tertiary/aromatic N) is 4. The molecule has 0 fully saturated rings. The van der Waals surface area contributed by atoms with E-state index >= 15 is 0 Å². The van der Waals surface area contributed by atoms with Crippen LogP contribution in [0.1, 0.15) is 5.56 Å². The molecule has 0 atom stereocenters. The maximum atomic E-state index is 11.9. The van der Waals surface area contributed by atoms with Crippen LogP contribution in [0.25, 0.3) is 10.2 Å². The molecule has 9 heteroatoms. The Morgan fingerprint density at radius 2 is 2.32 bits per heavy atom. The number of hydrogen-bond acceptors (Lipinski definition) is 6. The van der Waals surface area contributed by atoms with Gasteiger partial charge >= 0.3 is 5.69 Å². The average molecular weight is 317 g/mol. The Morgan fingerprint density at radius 3 is 3.05 bits per heavy atom. The minimum absolute atomic E-state index is 0.108. The lowest BCUT2D eigenvalue weighted by molar-refractivity contribution is -0.385. The number of thiazole rings is 1. The first-order valence-corrected chi connectivity index (χ1v) is 7.17. The van der Waals surface area contributed by atoms with Crippen LogP contribution >= 0.6 is 11.3 Å². The quantitative estimate of drug-likeness (QED) is 0.587. The number of aromatic nitrogens is 3. The van der Waals surface area contributed by atoms with E-state index in [0.717, 1.165) is 22.0 Å². The van der Waals surface area contributed by atoms with Crippen LogP contribution in [0.15, 0.2) is 30.6 Å². The van der Waals surface area contributed by atoms with E-state index in [4.69, 9.17) is 0 Å². The number of fused-ring (bicyclic) bond motifs is 1. The van der Waals surface area contributed by atoms with Crippen molar-refractivity contribution < 1.29 is 9.72 Å². The Bertz CT molecular complexity index is 870. The molecule has 8 nitrogen and oxygen atoms in total. The van der Waals surface area contributed by atoms with Crippen molar-refractivity contribution in [2.75, 3.05) is 5.32 Å². The zero-order chi connectivity index (χ0) is 15.7. The molecule has 0 radical (unpaired) electrons. The van der Waals surface area contributed by atoms with Gasteiger partial charge in [-0.2, -0.15) is 5.10 Å². The lowest BCUT2D eigenvalue weighted by Gasteiger charge is -2.00. The molecule has 0 saturated heterocycles. The Hall–Kier alpha value is -2.81. The molecule has 2 aromatic heterocycles. The summed E-state index contributed by atoms with van der Waals surface area (Å²) in [6.45, 7) is 1.88. The van der Waals surface area contributed by atoms with E-state index in [1.165, 1.54) is 22.2 Å². The summed E-state index contributed by atoms with van der Waals surface area (Å²) < 4.78 is 2.20. The molecular weight excluding hydrogens is 306 g/mol. The summed E-state index contributed by atoms with van der Waals surface area (Å²) in [7, 11) is 0. The highest BCUT2D eigenvalue weighted by atomic mass is 32.1. The summed E-state index contributed by atoms with van der Waals surface area (Å²) in [5.74, 6) is -0.339.